The van der Waals surface area contributed by atoms with Crippen LogP contribution in [0.25, 0.3) is 0 Å². The van der Waals surface area contributed by atoms with E-state index in [-0.39, 0.29) is 12.6 Å². The van der Waals surface area contributed by atoms with Crippen LogP contribution < -0.4 is 5.32 Å². The van der Waals surface area contributed by atoms with Gasteiger partial charge in [-0.05, 0) is 42.2 Å². The van der Waals surface area contributed by atoms with Crippen molar-refractivity contribution < 1.29 is 5.11 Å². The number of anilines is 1. The molecule has 0 saturated heterocycles. The number of hydrogen-bond donors (Lipinski definition) is 2. The van der Waals surface area contributed by atoms with Crippen molar-refractivity contribution in [1.82, 2.24) is 0 Å². The Labute approximate surface area is 129 Å². The number of rotatable bonds is 6. The minimum atomic E-state index is 0.0615. The highest BCUT2D eigenvalue weighted by Crippen LogP contribution is 2.22. The van der Waals surface area contributed by atoms with E-state index in [4.69, 9.17) is 0 Å². The van der Waals surface area contributed by atoms with Gasteiger partial charge < -0.3 is 10.4 Å². The summed E-state index contributed by atoms with van der Waals surface area (Å²) in [6, 6.07) is 18.5. The molecule has 106 valence electrons. The monoisotopic (exact) mass is 333 g/mol. The number of aliphatic hydroxyl groups is 1. The van der Waals surface area contributed by atoms with Gasteiger partial charge in [0.15, 0.2) is 0 Å². The number of aliphatic hydroxyl groups excluding tert-OH is 1. The first-order valence-corrected chi connectivity index (χ1v) is 7.66. The van der Waals surface area contributed by atoms with E-state index in [1.807, 2.05) is 30.3 Å². The zero-order valence-electron chi connectivity index (χ0n) is 11.6. The number of benzene rings is 2. The number of nitrogens with one attached hydrogen (secondary N) is 1. The van der Waals surface area contributed by atoms with Crippen LogP contribution in [0.2, 0.25) is 0 Å². The van der Waals surface area contributed by atoms with Gasteiger partial charge in [0.2, 0.25) is 0 Å². The quantitative estimate of drug-likeness (QED) is 0.820. The molecule has 0 aliphatic heterocycles. The molecule has 2 nitrogen and oxygen atoms in total. The van der Waals surface area contributed by atoms with Crippen LogP contribution in [0.4, 0.5) is 5.69 Å². The van der Waals surface area contributed by atoms with Gasteiger partial charge in [0.05, 0.1) is 6.61 Å². The maximum atomic E-state index is 9.57. The van der Waals surface area contributed by atoms with E-state index in [0.29, 0.717) is 5.92 Å². The van der Waals surface area contributed by atoms with Crippen molar-refractivity contribution in [3.63, 3.8) is 0 Å². The van der Waals surface area contributed by atoms with Crippen molar-refractivity contribution in [2.45, 2.75) is 25.3 Å². The Kier molecular flexibility index (Phi) is 5.62. The Morgan fingerprint density at radius 1 is 1.05 bits per heavy atom. The molecule has 2 rings (SSSR count). The fourth-order valence-electron chi connectivity index (χ4n) is 2.31. The lowest BCUT2D eigenvalue weighted by Gasteiger charge is -2.22. The molecular weight excluding hydrogens is 314 g/mol. The van der Waals surface area contributed by atoms with Crippen LogP contribution in [0.15, 0.2) is 59.1 Å². The van der Waals surface area contributed by atoms with Crippen LogP contribution in [0, 0.1) is 0 Å². The fourth-order valence-corrected chi connectivity index (χ4v) is 2.57. The molecule has 3 heteroatoms. The van der Waals surface area contributed by atoms with Gasteiger partial charge in [0.1, 0.15) is 0 Å². The molecule has 0 heterocycles. The van der Waals surface area contributed by atoms with Gasteiger partial charge in [0.25, 0.3) is 0 Å². The SMILES string of the molecule is CC(CC(CO)Nc1ccc(Br)cc1)c1ccccc1. The van der Waals surface area contributed by atoms with E-state index >= 15 is 0 Å². The third-order valence-corrected chi connectivity index (χ3v) is 3.97. The van der Waals surface area contributed by atoms with Gasteiger partial charge in [-0.2, -0.15) is 0 Å². The molecule has 0 spiro atoms. The first-order chi connectivity index (χ1) is 9.69. The summed E-state index contributed by atoms with van der Waals surface area (Å²) in [5, 5.41) is 13.0. The second-order valence-electron chi connectivity index (χ2n) is 5.08. The molecule has 20 heavy (non-hydrogen) atoms. The van der Waals surface area contributed by atoms with Gasteiger partial charge >= 0.3 is 0 Å². The minimum absolute atomic E-state index is 0.0615. The maximum absolute atomic E-state index is 9.57. The molecule has 2 N–H and O–H groups in total. The molecular formula is C17H20BrNO. The Balaban J connectivity index is 1.97. The molecule has 2 aromatic carbocycles. The minimum Gasteiger partial charge on any atom is -0.394 e. The Hall–Kier alpha value is -1.32. The zero-order valence-corrected chi connectivity index (χ0v) is 13.2. The van der Waals surface area contributed by atoms with Crippen LogP contribution in [0.3, 0.4) is 0 Å². The van der Waals surface area contributed by atoms with Crippen LogP contribution in [-0.4, -0.2) is 17.8 Å². The molecule has 0 aliphatic carbocycles. The van der Waals surface area contributed by atoms with Gasteiger partial charge in [-0.3, -0.25) is 0 Å². The Morgan fingerprint density at radius 2 is 1.70 bits per heavy atom. The summed E-state index contributed by atoms with van der Waals surface area (Å²) in [4.78, 5) is 0. The largest absolute Gasteiger partial charge is 0.394 e. The summed E-state index contributed by atoms with van der Waals surface area (Å²) in [7, 11) is 0. The smallest absolute Gasteiger partial charge is 0.0633 e. The van der Waals surface area contributed by atoms with Crippen LogP contribution >= 0.6 is 15.9 Å². The predicted octanol–water partition coefficient (Wildman–Crippen LogP) is 4.42. The van der Waals surface area contributed by atoms with Gasteiger partial charge in [-0.1, -0.05) is 53.2 Å². The summed E-state index contributed by atoms with van der Waals surface area (Å²) in [5.74, 6) is 0.413. The van der Waals surface area contributed by atoms with Gasteiger partial charge in [0, 0.05) is 16.2 Å². The fraction of sp³-hybridized carbons (Fsp3) is 0.294. The third-order valence-electron chi connectivity index (χ3n) is 3.44. The summed E-state index contributed by atoms with van der Waals surface area (Å²) in [6.07, 6.45) is 0.899. The summed E-state index contributed by atoms with van der Waals surface area (Å²) in [5.41, 5.74) is 2.34. The van der Waals surface area contributed by atoms with Crippen molar-refractivity contribution in [1.29, 1.82) is 0 Å². The van der Waals surface area contributed by atoms with Crippen LogP contribution in [0.5, 0.6) is 0 Å². The van der Waals surface area contributed by atoms with E-state index in [2.05, 4.69) is 52.4 Å². The Morgan fingerprint density at radius 3 is 2.30 bits per heavy atom. The highest BCUT2D eigenvalue weighted by molar-refractivity contribution is 9.10. The molecule has 0 saturated carbocycles. The molecule has 0 aromatic heterocycles. The molecule has 0 fully saturated rings. The second-order valence-corrected chi connectivity index (χ2v) is 5.99. The van der Waals surface area contributed by atoms with Crippen molar-refractivity contribution in [3.05, 3.63) is 64.6 Å². The molecule has 2 aromatic rings. The number of halogens is 1. The lowest BCUT2D eigenvalue weighted by Crippen LogP contribution is -2.25. The molecule has 0 aliphatic rings. The predicted molar refractivity (Wildman–Crippen MR) is 88.1 cm³/mol. The maximum Gasteiger partial charge on any atom is 0.0633 e. The van der Waals surface area contributed by atoms with Gasteiger partial charge in [-0.25, -0.2) is 0 Å². The van der Waals surface area contributed by atoms with Gasteiger partial charge in [-0.15, -0.1) is 0 Å². The summed E-state index contributed by atoms with van der Waals surface area (Å²) in [6.45, 7) is 2.33. The molecule has 2 unspecified atom stereocenters. The first-order valence-electron chi connectivity index (χ1n) is 6.87. The average molecular weight is 334 g/mol. The summed E-state index contributed by atoms with van der Waals surface area (Å²) >= 11 is 3.42. The van der Waals surface area contributed by atoms with Crippen LogP contribution in [-0.2, 0) is 0 Å². The zero-order chi connectivity index (χ0) is 14.4. The van der Waals surface area contributed by atoms with Crippen molar-refractivity contribution >= 4 is 21.6 Å². The van der Waals surface area contributed by atoms with Crippen molar-refractivity contribution in [2.24, 2.45) is 0 Å². The van der Waals surface area contributed by atoms with Crippen LogP contribution in [0.1, 0.15) is 24.8 Å². The van der Waals surface area contributed by atoms with E-state index in [9.17, 15) is 5.11 Å². The molecule has 0 radical (unpaired) electrons. The van der Waals surface area contributed by atoms with E-state index in [1.54, 1.807) is 0 Å². The standard InChI is InChI=1S/C17H20BrNO/c1-13(14-5-3-2-4-6-14)11-17(12-20)19-16-9-7-15(18)8-10-16/h2-10,13,17,19-20H,11-12H2,1H3. The Bertz CT molecular complexity index is 512. The van der Waals surface area contributed by atoms with Crippen molar-refractivity contribution in [2.75, 3.05) is 11.9 Å². The van der Waals surface area contributed by atoms with Crippen molar-refractivity contribution in [3.8, 4) is 0 Å². The second kappa shape index (κ2) is 7.46. The normalized spacial score (nSPS) is 13.8. The summed E-state index contributed by atoms with van der Waals surface area (Å²) < 4.78 is 1.06. The first kappa shape index (κ1) is 15.1. The van der Waals surface area contributed by atoms with E-state index < -0.39 is 0 Å². The average Bonchev–Trinajstić information content (AvgIpc) is 2.49. The highest BCUT2D eigenvalue weighted by atomic mass is 79.9. The molecule has 0 bridgehead atoms. The highest BCUT2D eigenvalue weighted by Gasteiger charge is 2.13. The number of hydrogen-bond acceptors (Lipinski definition) is 2. The topological polar surface area (TPSA) is 32.3 Å². The third kappa shape index (κ3) is 4.36. The van der Waals surface area contributed by atoms with E-state index in [1.165, 1.54) is 5.56 Å². The lowest BCUT2D eigenvalue weighted by atomic mass is 9.94. The molecule has 0 amide bonds. The van der Waals surface area contributed by atoms with E-state index in [0.717, 1.165) is 16.6 Å². The lowest BCUT2D eigenvalue weighted by molar-refractivity contribution is 0.264. The molecule has 2 atom stereocenters.